The summed E-state index contributed by atoms with van der Waals surface area (Å²) in [6, 6.07) is 17.4. The highest BCUT2D eigenvalue weighted by Gasteiger charge is 2.20. The fourth-order valence-electron chi connectivity index (χ4n) is 3.43. The fraction of sp³-hybridized carbons (Fsp3) is 0.0800. The van der Waals surface area contributed by atoms with Crippen LogP contribution in [-0.2, 0) is 5.75 Å². The first kappa shape index (κ1) is 23.6. The van der Waals surface area contributed by atoms with Gasteiger partial charge in [0.2, 0.25) is 0 Å². The molecular weight excluding hydrogens is 499 g/mol. The summed E-state index contributed by atoms with van der Waals surface area (Å²) < 4.78 is 21.4. The highest BCUT2D eigenvalue weighted by molar-refractivity contribution is 7.98. The second kappa shape index (κ2) is 10.7. The van der Waals surface area contributed by atoms with Gasteiger partial charge in [-0.1, -0.05) is 36.0 Å². The molecule has 8 nitrogen and oxygen atoms in total. The molecule has 1 amide bonds. The van der Waals surface area contributed by atoms with Crippen molar-refractivity contribution in [2.75, 3.05) is 12.4 Å². The van der Waals surface area contributed by atoms with Crippen molar-refractivity contribution in [3.05, 3.63) is 95.0 Å². The van der Waals surface area contributed by atoms with E-state index in [4.69, 9.17) is 4.74 Å². The number of para-hydroxylation sites is 3. The smallest absolute Gasteiger partial charge is 0.275 e. The van der Waals surface area contributed by atoms with Gasteiger partial charge in [0.05, 0.1) is 24.2 Å². The van der Waals surface area contributed by atoms with Crippen molar-refractivity contribution in [3.63, 3.8) is 0 Å². The van der Waals surface area contributed by atoms with Crippen molar-refractivity contribution in [2.45, 2.75) is 10.9 Å². The van der Waals surface area contributed by atoms with Crippen LogP contribution in [0.4, 0.5) is 10.1 Å². The number of pyridine rings is 1. The van der Waals surface area contributed by atoms with E-state index in [9.17, 15) is 9.18 Å². The number of nitrogens with one attached hydrogen (secondary N) is 1. The average Bonchev–Trinajstić information content (AvgIpc) is 3.56. The van der Waals surface area contributed by atoms with Gasteiger partial charge in [0.1, 0.15) is 22.3 Å². The van der Waals surface area contributed by atoms with E-state index in [1.54, 1.807) is 37.0 Å². The van der Waals surface area contributed by atoms with Crippen LogP contribution in [0.3, 0.4) is 0 Å². The lowest BCUT2D eigenvalue weighted by atomic mass is 10.2. The Bertz CT molecular complexity index is 1510. The lowest BCUT2D eigenvalue weighted by molar-refractivity contribution is 0.102. The third kappa shape index (κ3) is 4.97. The first-order chi connectivity index (χ1) is 17.6. The molecule has 0 atom stereocenters. The van der Waals surface area contributed by atoms with Crippen LogP contribution in [0.2, 0.25) is 0 Å². The number of thioether (sulfide) groups is 1. The Morgan fingerprint density at radius 1 is 1.11 bits per heavy atom. The zero-order chi connectivity index (χ0) is 24.9. The minimum Gasteiger partial charge on any atom is -0.495 e. The van der Waals surface area contributed by atoms with E-state index in [0.29, 0.717) is 22.5 Å². The molecule has 0 unspecified atom stereocenters. The van der Waals surface area contributed by atoms with Crippen molar-refractivity contribution in [2.24, 2.45) is 0 Å². The van der Waals surface area contributed by atoms with E-state index in [2.05, 4.69) is 25.5 Å². The Labute approximate surface area is 214 Å². The van der Waals surface area contributed by atoms with Gasteiger partial charge in [0.25, 0.3) is 5.91 Å². The molecule has 3 aromatic heterocycles. The quantitative estimate of drug-likeness (QED) is 0.272. The summed E-state index contributed by atoms with van der Waals surface area (Å²) in [7, 11) is 1.61. The molecule has 0 saturated heterocycles. The summed E-state index contributed by atoms with van der Waals surface area (Å²) in [5, 5.41) is 14.4. The third-order valence-electron chi connectivity index (χ3n) is 5.11. The second-order valence-electron chi connectivity index (χ2n) is 7.40. The summed E-state index contributed by atoms with van der Waals surface area (Å²) in [6.45, 7) is 0. The molecule has 5 aromatic rings. The van der Waals surface area contributed by atoms with Crippen molar-refractivity contribution >= 4 is 34.7 Å². The van der Waals surface area contributed by atoms with Crippen LogP contribution in [0.5, 0.6) is 5.75 Å². The normalized spacial score (nSPS) is 10.8. The van der Waals surface area contributed by atoms with Gasteiger partial charge in [-0.25, -0.2) is 9.37 Å². The number of hydrogen-bond acceptors (Lipinski definition) is 8. The summed E-state index contributed by atoms with van der Waals surface area (Å²) in [4.78, 5) is 21.2. The number of benzene rings is 2. The molecule has 0 spiro atoms. The van der Waals surface area contributed by atoms with Gasteiger partial charge in [-0.2, -0.15) is 0 Å². The number of carbonyl (C=O) groups is 1. The highest BCUT2D eigenvalue weighted by Crippen LogP contribution is 2.33. The van der Waals surface area contributed by atoms with Gasteiger partial charge in [0.15, 0.2) is 11.0 Å². The molecule has 0 saturated carbocycles. The maximum Gasteiger partial charge on any atom is 0.275 e. The van der Waals surface area contributed by atoms with Gasteiger partial charge >= 0.3 is 0 Å². The molecule has 180 valence electrons. The van der Waals surface area contributed by atoms with E-state index < -0.39 is 11.7 Å². The predicted molar refractivity (Wildman–Crippen MR) is 137 cm³/mol. The summed E-state index contributed by atoms with van der Waals surface area (Å²) in [5.74, 6) is 0.781. The molecule has 0 aliphatic carbocycles. The van der Waals surface area contributed by atoms with Crippen LogP contribution in [0.15, 0.2) is 83.6 Å². The van der Waals surface area contributed by atoms with E-state index in [0.717, 1.165) is 16.3 Å². The van der Waals surface area contributed by atoms with E-state index in [-0.39, 0.29) is 11.4 Å². The van der Waals surface area contributed by atoms with Gasteiger partial charge in [0, 0.05) is 23.3 Å². The molecule has 0 aliphatic heterocycles. The molecule has 36 heavy (non-hydrogen) atoms. The van der Waals surface area contributed by atoms with E-state index in [1.807, 2.05) is 41.0 Å². The molecule has 1 N–H and O–H groups in total. The number of nitrogens with zero attached hydrogens (tertiary/aromatic N) is 5. The van der Waals surface area contributed by atoms with Crippen molar-refractivity contribution < 1.29 is 13.9 Å². The first-order valence-corrected chi connectivity index (χ1v) is 12.6. The third-order valence-corrected chi connectivity index (χ3v) is 7.08. The summed E-state index contributed by atoms with van der Waals surface area (Å²) >= 11 is 2.78. The van der Waals surface area contributed by atoms with Crippen LogP contribution in [0.1, 0.15) is 15.5 Å². The van der Waals surface area contributed by atoms with Crippen LogP contribution < -0.4 is 10.1 Å². The lowest BCUT2D eigenvalue weighted by Gasteiger charge is -2.13. The Kier molecular flexibility index (Phi) is 7.01. The van der Waals surface area contributed by atoms with Crippen LogP contribution in [-0.4, -0.2) is 37.7 Å². The number of ether oxygens (including phenoxy) is 1. The largest absolute Gasteiger partial charge is 0.495 e. The maximum absolute atomic E-state index is 13.9. The number of halogens is 1. The number of rotatable bonds is 8. The van der Waals surface area contributed by atoms with Crippen LogP contribution in [0.25, 0.3) is 17.1 Å². The van der Waals surface area contributed by atoms with Crippen LogP contribution >= 0.6 is 23.1 Å². The predicted octanol–water partition coefficient (Wildman–Crippen LogP) is 5.48. The number of amides is 1. The highest BCUT2D eigenvalue weighted by atomic mass is 32.2. The average molecular weight is 519 g/mol. The standard InChI is InChI=1S/C25H19FN6O2S2/c1-34-21-11-5-4-10-20(21)32-23(16-7-6-12-27-13-16)30-31-25(32)36-15-22-28-19(14-35-22)24(33)29-18-9-3-2-8-17(18)26/h2-14H,15H2,1H3,(H,29,33). The Balaban J connectivity index is 1.39. The molecule has 5 rings (SSSR count). The van der Waals surface area contributed by atoms with Crippen LogP contribution in [0, 0.1) is 5.82 Å². The Hall–Kier alpha value is -4.09. The minimum atomic E-state index is -0.503. The molecule has 2 aromatic carbocycles. The zero-order valence-electron chi connectivity index (χ0n) is 19.0. The molecular formula is C25H19FN6O2S2. The number of anilines is 1. The Morgan fingerprint density at radius 3 is 2.75 bits per heavy atom. The zero-order valence-corrected chi connectivity index (χ0v) is 20.6. The molecule has 0 aliphatic rings. The number of aromatic nitrogens is 5. The second-order valence-corrected chi connectivity index (χ2v) is 9.29. The van der Waals surface area contributed by atoms with Gasteiger partial charge in [-0.05, 0) is 36.4 Å². The van der Waals surface area contributed by atoms with Crippen molar-refractivity contribution in [1.29, 1.82) is 0 Å². The molecule has 0 fully saturated rings. The number of hydrogen-bond donors (Lipinski definition) is 1. The SMILES string of the molecule is COc1ccccc1-n1c(SCc2nc(C(=O)Nc3ccccc3F)cs2)nnc1-c1cccnc1. The molecule has 3 heterocycles. The molecule has 0 radical (unpaired) electrons. The molecule has 11 heteroatoms. The first-order valence-electron chi connectivity index (χ1n) is 10.8. The number of carbonyl (C=O) groups excluding carboxylic acids is 1. The summed E-state index contributed by atoms with van der Waals surface area (Å²) in [5.41, 5.74) is 1.93. The van der Waals surface area contributed by atoms with Gasteiger partial charge in [-0.15, -0.1) is 21.5 Å². The van der Waals surface area contributed by atoms with E-state index >= 15 is 0 Å². The van der Waals surface area contributed by atoms with Crippen molar-refractivity contribution in [1.82, 2.24) is 24.7 Å². The Morgan fingerprint density at radius 2 is 1.94 bits per heavy atom. The monoisotopic (exact) mass is 518 g/mol. The number of methoxy groups -OCH3 is 1. The summed E-state index contributed by atoms with van der Waals surface area (Å²) in [6.07, 6.45) is 3.43. The topological polar surface area (TPSA) is 94.8 Å². The fourth-order valence-corrected chi connectivity index (χ4v) is 5.17. The molecule has 0 bridgehead atoms. The lowest BCUT2D eigenvalue weighted by Crippen LogP contribution is -2.13. The van der Waals surface area contributed by atoms with Gasteiger partial charge in [-0.3, -0.25) is 14.3 Å². The van der Waals surface area contributed by atoms with Crippen molar-refractivity contribution in [3.8, 4) is 22.8 Å². The van der Waals surface area contributed by atoms with E-state index in [1.165, 1.54) is 35.2 Å². The maximum atomic E-state index is 13.9. The van der Waals surface area contributed by atoms with Gasteiger partial charge < -0.3 is 10.1 Å². The minimum absolute atomic E-state index is 0.110. The number of thiazole rings is 1.